The van der Waals surface area contributed by atoms with Crippen LogP contribution in [0.15, 0.2) is 58.6 Å². The molecule has 0 amide bonds. The minimum atomic E-state index is -0.449. The molecule has 0 aliphatic carbocycles. The van der Waals surface area contributed by atoms with Gasteiger partial charge in [0, 0.05) is 0 Å². The smallest absolute Gasteiger partial charge is 0.338 e. The highest BCUT2D eigenvalue weighted by atomic mass is 79.9. The average Bonchev–Trinajstić information content (AvgIpc) is 2.70. The van der Waals surface area contributed by atoms with Gasteiger partial charge in [-0.05, 0) is 65.3 Å². The first-order valence-corrected chi connectivity index (χ1v) is 10.2. The Balaban J connectivity index is 2.13. The van der Waals surface area contributed by atoms with Crippen LogP contribution in [0.5, 0.6) is 5.75 Å². The van der Waals surface area contributed by atoms with Gasteiger partial charge in [0.15, 0.2) is 5.11 Å². The van der Waals surface area contributed by atoms with Gasteiger partial charge in [0.25, 0.3) is 0 Å². The van der Waals surface area contributed by atoms with Crippen molar-refractivity contribution in [3.8, 4) is 5.75 Å². The van der Waals surface area contributed by atoms with Crippen LogP contribution in [0.4, 0.5) is 0 Å². The number of nitrogens with one attached hydrogen (secondary N) is 2. The molecule has 2 aromatic rings. The van der Waals surface area contributed by atoms with Gasteiger partial charge >= 0.3 is 5.97 Å². The van der Waals surface area contributed by atoms with Crippen molar-refractivity contribution in [1.82, 2.24) is 10.6 Å². The fourth-order valence-corrected chi connectivity index (χ4v) is 3.78. The molecule has 0 unspecified atom stereocenters. The highest BCUT2D eigenvalue weighted by Crippen LogP contribution is 2.35. The molecule has 1 aliphatic heterocycles. The first-order valence-electron chi connectivity index (χ1n) is 9.01. The van der Waals surface area contributed by atoms with E-state index < -0.39 is 6.04 Å². The maximum absolute atomic E-state index is 12.9. The molecule has 0 spiro atoms. The van der Waals surface area contributed by atoms with E-state index in [0.717, 1.165) is 21.3 Å². The van der Waals surface area contributed by atoms with Gasteiger partial charge in [-0.2, -0.15) is 0 Å². The van der Waals surface area contributed by atoms with E-state index in [9.17, 15) is 4.79 Å². The molecular formula is C21H21BrN2O3S. The van der Waals surface area contributed by atoms with Gasteiger partial charge in [-0.3, -0.25) is 0 Å². The second-order valence-electron chi connectivity index (χ2n) is 6.03. The number of ether oxygens (including phenoxy) is 2. The topological polar surface area (TPSA) is 59.6 Å². The Hall–Kier alpha value is -2.38. The van der Waals surface area contributed by atoms with E-state index >= 15 is 0 Å². The maximum Gasteiger partial charge on any atom is 0.338 e. The van der Waals surface area contributed by atoms with Crippen molar-refractivity contribution >= 4 is 44.9 Å². The predicted molar refractivity (Wildman–Crippen MR) is 117 cm³/mol. The number of halogens is 1. The Morgan fingerprint density at radius 1 is 1.14 bits per heavy atom. The van der Waals surface area contributed by atoms with Gasteiger partial charge in [0.05, 0.1) is 35.0 Å². The van der Waals surface area contributed by atoms with Gasteiger partial charge in [-0.1, -0.05) is 36.4 Å². The van der Waals surface area contributed by atoms with E-state index in [4.69, 9.17) is 21.7 Å². The Bertz CT molecular complexity index is 915. The summed E-state index contributed by atoms with van der Waals surface area (Å²) in [5, 5.41) is 6.78. The molecule has 0 radical (unpaired) electrons. The largest absolute Gasteiger partial charge is 0.493 e. The molecule has 1 aliphatic rings. The lowest BCUT2D eigenvalue weighted by Gasteiger charge is -2.31. The molecule has 2 aromatic carbocycles. The number of hydrogen-bond donors (Lipinski definition) is 2. The molecule has 0 saturated carbocycles. The highest BCUT2D eigenvalue weighted by molar-refractivity contribution is 9.10. The van der Waals surface area contributed by atoms with E-state index in [2.05, 4.69) is 26.6 Å². The van der Waals surface area contributed by atoms with E-state index in [1.54, 1.807) is 6.92 Å². The predicted octanol–water partition coefficient (Wildman–Crippen LogP) is 4.34. The van der Waals surface area contributed by atoms with Crippen LogP contribution in [-0.4, -0.2) is 24.3 Å². The second kappa shape index (κ2) is 9.21. The average molecular weight is 461 g/mol. The van der Waals surface area contributed by atoms with Crippen LogP contribution in [0.3, 0.4) is 0 Å². The monoisotopic (exact) mass is 460 g/mol. The van der Waals surface area contributed by atoms with Crippen molar-refractivity contribution in [3.63, 3.8) is 0 Å². The summed E-state index contributed by atoms with van der Waals surface area (Å²) in [6.07, 6.45) is 0. The third kappa shape index (κ3) is 4.36. The zero-order valence-electron chi connectivity index (χ0n) is 15.6. The summed E-state index contributed by atoms with van der Waals surface area (Å²) < 4.78 is 11.8. The first kappa shape index (κ1) is 20.4. The molecule has 0 fully saturated rings. The number of hydrogen-bond acceptors (Lipinski definition) is 4. The van der Waals surface area contributed by atoms with Gasteiger partial charge in [-0.15, -0.1) is 0 Å². The fraction of sp³-hybridized carbons (Fsp3) is 0.238. The van der Waals surface area contributed by atoms with Crippen LogP contribution < -0.4 is 15.4 Å². The summed E-state index contributed by atoms with van der Waals surface area (Å²) >= 11 is 8.96. The normalized spacial score (nSPS) is 16.2. The highest BCUT2D eigenvalue weighted by Gasteiger charge is 2.33. The molecule has 1 heterocycles. The first-order chi connectivity index (χ1) is 13.5. The van der Waals surface area contributed by atoms with Crippen LogP contribution in [0.1, 0.15) is 31.0 Å². The third-order valence-corrected chi connectivity index (χ3v) is 5.06. The summed E-state index contributed by atoms with van der Waals surface area (Å²) in [6.45, 7) is 4.58. The standard InChI is InChI=1S/C21H21BrN2O3S/c1-3-26-16-11-10-14(12-15(16)22)19-17(20(25)27-4-2)18(23-21(28)24-19)13-8-6-5-7-9-13/h5-12,19H,3-4H2,1-2H3,(H2,23,24,28)/t19-/m0/s1. The van der Waals surface area contributed by atoms with Crippen molar-refractivity contribution in [3.05, 3.63) is 69.7 Å². The van der Waals surface area contributed by atoms with Gasteiger partial charge in [0.2, 0.25) is 0 Å². The van der Waals surface area contributed by atoms with Crippen LogP contribution in [0.25, 0.3) is 5.70 Å². The molecule has 1 atom stereocenters. The molecule has 3 rings (SSSR count). The Labute approximate surface area is 178 Å². The number of carbonyl (C=O) groups excluding carboxylic acids is 1. The van der Waals surface area contributed by atoms with E-state index in [1.807, 2.05) is 55.5 Å². The van der Waals surface area contributed by atoms with Gasteiger partial charge in [-0.25, -0.2) is 4.79 Å². The zero-order valence-corrected chi connectivity index (χ0v) is 18.0. The van der Waals surface area contributed by atoms with Crippen molar-refractivity contribution in [2.75, 3.05) is 13.2 Å². The maximum atomic E-state index is 12.9. The molecule has 0 aromatic heterocycles. The molecule has 2 N–H and O–H groups in total. The van der Waals surface area contributed by atoms with Crippen LogP contribution >= 0.6 is 28.1 Å². The Morgan fingerprint density at radius 2 is 1.89 bits per heavy atom. The molecule has 28 heavy (non-hydrogen) atoms. The van der Waals surface area contributed by atoms with Crippen molar-refractivity contribution in [2.45, 2.75) is 19.9 Å². The molecule has 0 saturated heterocycles. The minimum absolute atomic E-state index is 0.286. The number of esters is 1. The molecule has 5 nitrogen and oxygen atoms in total. The Kier molecular flexibility index (Phi) is 6.70. The molecule has 0 bridgehead atoms. The second-order valence-corrected chi connectivity index (χ2v) is 7.29. The van der Waals surface area contributed by atoms with E-state index in [-0.39, 0.29) is 12.6 Å². The summed E-state index contributed by atoms with van der Waals surface area (Å²) in [6, 6.07) is 14.9. The number of thiocarbonyl (C=S) groups is 1. The van der Waals surface area contributed by atoms with E-state index in [0.29, 0.717) is 23.0 Å². The number of carbonyl (C=O) groups is 1. The summed E-state index contributed by atoms with van der Waals surface area (Å²) in [4.78, 5) is 12.9. The zero-order chi connectivity index (χ0) is 20.1. The number of benzene rings is 2. The van der Waals surface area contributed by atoms with Crippen molar-refractivity contribution in [2.24, 2.45) is 0 Å². The fourth-order valence-electron chi connectivity index (χ4n) is 3.05. The van der Waals surface area contributed by atoms with E-state index in [1.165, 1.54) is 0 Å². The lowest BCUT2D eigenvalue weighted by molar-refractivity contribution is -0.138. The molecule has 7 heteroatoms. The minimum Gasteiger partial charge on any atom is -0.493 e. The third-order valence-electron chi connectivity index (χ3n) is 4.22. The van der Waals surface area contributed by atoms with Crippen LogP contribution in [0.2, 0.25) is 0 Å². The van der Waals surface area contributed by atoms with Gasteiger partial charge < -0.3 is 20.1 Å². The van der Waals surface area contributed by atoms with Crippen molar-refractivity contribution < 1.29 is 14.3 Å². The molecule has 146 valence electrons. The quantitative estimate of drug-likeness (QED) is 0.493. The Morgan fingerprint density at radius 3 is 2.54 bits per heavy atom. The molecular weight excluding hydrogens is 440 g/mol. The summed E-state index contributed by atoms with van der Waals surface area (Å²) in [5.74, 6) is 0.353. The van der Waals surface area contributed by atoms with Crippen molar-refractivity contribution in [1.29, 1.82) is 0 Å². The lowest BCUT2D eigenvalue weighted by Crippen LogP contribution is -2.45. The SMILES string of the molecule is CCOC(=O)C1=C(c2ccccc2)NC(=S)N[C@H]1c1ccc(OCC)c(Br)c1. The summed E-state index contributed by atoms with van der Waals surface area (Å²) in [5.41, 5.74) is 2.87. The summed E-state index contributed by atoms with van der Waals surface area (Å²) in [7, 11) is 0. The van der Waals surface area contributed by atoms with Crippen LogP contribution in [-0.2, 0) is 9.53 Å². The lowest BCUT2D eigenvalue weighted by atomic mass is 9.92. The van der Waals surface area contributed by atoms with Gasteiger partial charge in [0.1, 0.15) is 5.75 Å². The number of rotatable bonds is 6. The van der Waals surface area contributed by atoms with Crippen LogP contribution in [0, 0.1) is 0 Å².